The Morgan fingerprint density at radius 3 is 2.53 bits per heavy atom. The summed E-state index contributed by atoms with van der Waals surface area (Å²) in [6.45, 7) is 9.98. The fourth-order valence-electron chi connectivity index (χ4n) is 1.65. The van der Waals surface area contributed by atoms with E-state index in [1.165, 1.54) is 30.2 Å². The maximum atomic E-state index is 4.62. The minimum Gasteiger partial charge on any atom is -0.359 e. The summed E-state index contributed by atoms with van der Waals surface area (Å²) in [6, 6.07) is 0. The molecule has 0 aromatic heterocycles. The highest BCUT2D eigenvalue weighted by molar-refractivity contribution is 8.14. The minimum atomic E-state index is 0.321. The predicted octanol–water partition coefficient (Wildman–Crippen LogP) is 3.28. The first kappa shape index (κ1) is 12.9. The fourth-order valence-corrected chi connectivity index (χ4v) is 3.01. The van der Waals surface area contributed by atoms with Crippen LogP contribution in [0.1, 0.15) is 47.0 Å². The van der Waals surface area contributed by atoms with Gasteiger partial charge < -0.3 is 5.32 Å². The van der Waals surface area contributed by atoms with E-state index < -0.39 is 0 Å². The van der Waals surface area contributed by atoms with Crippen molar-refractivity contribution in [2.24, 2.45) is 10.9 Å². The van der Waals surface area contributed by atoms with Crippen molar-refractivity contribution in [2.45, 2.75) is 52.5 Å². The van der Waals surface area contributed by atoms with Crippen LogP contribution in [-0.2, 0) is 0 Å². The second-order valence-electron chi connectivity index (χ2n) is 4.77. The Balaban J connectivity index is 2.41. The van der Waals surface area contributed by atoms with Crippen molar-refractivity contribution in [3.63, 3.8) is 0 Å². The Hall–Kier alpha value is -0.180. The van der Waals surface area contributed by atoms with Gasteiger partial charge in [0.2, 0.25) is 0 Å². The zero-order chi connectivity index (χ0) is 11.3. The molecule has 0 aliphatic carbocycles. The van der Waals surface area contributed by atoms with Gasteiger partial charge in [0.1, 0.15) is 0 Å². The van der Waals surface area contributed by atoms with E-state index in [9.17, 15) is 0 Å². The van der Waals surface area contributed by atoms with Crippen molar-refractivity contribution >= 4 is 16.9 Å². The van der Waals surface area contributed by atoms with Crippen LogP contribution in [0.3, 0.4) is 0 Å². The second kappa shape index (κ2) is 5.78. The SMILES string of the molecule is CCC1(CC)CSC(=NCCC(C)C)N1. The molecule has 3 heteroatoms. The highest BCUT2D eigenvalue weighted by Crippen LogP contribution is 2.28. The van der Waals surface area contributed by atoms with Gasteiger partial charge in [-0.2, -0.15) is 0 Å². The molecular formula is C12H24N2S. The van der Waals surface area contributed by atoms with Crippen molar-refractivity contribution in [3.8, 4) is 0 Å². The highest BCUT2D eigenvalue weighted by atomic mass is 32.2. The monoisotopic (exact) mass is 228 g/mol. The quantitative estimate of drug-likeness (QED) is 0.781. The Morgan fingerprint density at radius 1 is 1.40 bits per heavy atom. The van der Waals surface area contributed by atoms with Crippen LogP contribution in [0.4, 0.5) is 0 Å². The smallest absolute Gasteiger partial charge is 0.157 e. The molecule has 1 heterocycles. The van der Waals surface area contributed by atoms with Crippen molar-refractivity contribution in [3.05, 3.63) is 0 Å². The van der Waals surface area contributed by atoms with Crippen LogP contribution in [-0.4, -0.2) is 23.0 Å². The number of thioether (sulfide) groups is 1. The average Bonchev–Trinajstić information content (AvgIpc) is 2.62. The molecule has 1 saturated heterocycles. The number of rotatable bonds is 5. The molecule has 1 aliphatic rings. The molecule has 1 aliphatic heterocycles. The van der Waals surface area contributed by atoms with Crippen LogP contribution in [0.2, 0.25) is 0 Å². The maximum absolute atomic E-state index is 4.62. The lowest BCUT2D eigenvalue weighted by Gasteiger charge is -2.25. The Labute approximate surface area is 98.3 Å². The lowest BCUT2D eigenvalue weighted by molar-refractivity contribution is 0.407. The third-order valence-electron chi connectivity index (χ3n) is 3.17. The van der Waals surface area contributed by atoms with Gasteiger partial charge in [0, 0.05) is 17.8 Å². The minimum absolute atomic E-state index is 0.321. The molecule has 2 nitrogen and oxygen atoms in total. The molecule has 1 N–H and O–H groups in total. The molecule has 0 amide bonds. The van der Waals surface area contributed by atoms with Crippen molar-refractivity contribution < 1.29 is 0 Å². The number of hydrogen-bond acceptors (Lipinski definition) is 2. The molecule has 0 aromatic rings. The Kier molecular flexibility index (Phi) is 4.97. The molecule has 0 saturated carbocycles. The lowest BCUT2D eigenvalue weighted by atomic mass is 9.96. The summed E-state index contributed by atoms with van der Waals surface area (Å²) >= 11 is 1.89. The third-order valence-corrected chi connectivity index (χ3v) is 4.37. The van der Waals surface area contributed by atoms with Crippen LogP contribution >= 0.6 is 11.8 Å². The van der Waals surface area contributed by atoms with Crippen LogP contribution in [0, 0.1) is 5.92 Å². The van der Waals surface area contributed by atoms with Gasteiger partial charge in [-0.25, -0.2) is 0 Å². The van der Waals surface area contributed by atoms with E-state index in [4.69, 9.17) is 0 Å². The standard InChI is InChI=1S/C12H24N2S/c1-5-12(6-2)9-15-11(14-12)13-8-7-10(3)4/h10H,5-9H2,1-4H3,(H,13,14). The van der Waals surface area contributed by atoms with Gasteiger partial charge >= 0.3 is 0 Å². The predicted molar refractivity (Wildman–Crippen MR) is 70.7 cm³/mol. The van der Waals surface area contributed by atoms with Crippen molar-refractivity contribution in [2.75, 3.05) is 12.3 Å². The summed E-state index contributed by atoms with van der Waals surface area (Å²) in [5, 5.41) is 4.76. The van der Waals surface area contributed by atoms with E-state index in [1.807, 2.05) is 11.8 Å². The normalized spacial score (nSPS) is 22.3. The van der Waals surface area contributed by atoms with E-state index in [0.717, 1.165) is 12.5 Å². The van der Waals surface area contributed by atoms with Gasteiger partial charge in [0.05, 0.1) is 0 Å². The zero-order valence-electron chi connectivity index (χ0n) is 10.5. The number of hydrogen-bond donors (Lipinski definition) is 1. The maximum Gasteiger partial charge on any atom is 0.157 e. The number of nitrogens with zero attached hydrogens (tertiary/aromatic N) is 1. The van der Waals surface area contributed by atoms with Crippen LogP contribution in [0.5, 0.6) is 0 Å². The van der Waals surface area contributed by atoms with Gasteiger partial charge in [-0.05, 0) is 25.2 Å². The molecular weight excluding hydrogens is 204 g/mol. The fraction of sp³-hybridized carbons (Fsp3) is 0.917. The van der Waals surface area contributed by atoms with Gasteiger partial charge in [-0.3, -0.25) is 4.99 Å². The summed E-state index contributed by atoms with van der Waals surface area (Å²) in [7, 11) is 0. The highest BCUT2D eigenvalue weighted by Gasteiger charge is 2.33. The topological polar surface area (TPSA) is 24.4 Å². The lowest BCUT2D eigenvalue weighted by Crippen LogP contribution is -2.42. The third kappa shape index (κ3) is 3.71. The Morgan fingerprint density at radius 2 is 2.07 bits per heavy atom. The first-order chi connectivity index (χ1) is 7.12. The molecule has 15 heavy (non-hydrogen) atoms. The number of aliphatic imine (C=N–C) groups is 1. The first-order valence-corrected chi connectivity index (χ1v) is 7.06. The second-order valence-corrected chi connectivity index (χ2v) is 5.73. The summed E-state index contributed by atoms with van der Waals surface area (Å²) in [4.78, 5) is 4.62. The van der Waals surface area contributed by atoms with E-state index >= 15 is 0 Å². The van der Waals surface area contributed by atoms with E-state index in [-0.39, 0.29) is 0 Å². The number of amidine groups is 1. The van der Waals surface area contributed by atoms with E-state index in [0.29, 0.717) is 5.54 Å². The van der Waals surface area contributed by atoms with Gasteiger partial charge in [-0.15, -0.1) is 0 Å². The molecule has 0 atom stereocenters. The van der Waals surface area contributed by atoms with E-state index in [1.54, 1.807) is 0 Å². The van der Waals surface area contributed by atoms with Gasteiger partial charge in [-0.1, -0.05) is 39.5 Å². The molecule has 1 rings (SSSR count). The molecule has 0 unspecified atom stereocenters. The largest absolute Gasteiger partial charge is 0.359 e. The van der Waals surface area contributed by atoms with Crippen LogP contribution in [0.25, 0.3) is 0 Å². The summed E-state index contributed by atoms with van der Waals surface area (Å²) in [5.41, 5.74) is 0.321. The summed E-state index contributed by atoms with van der Waals surface area (Å²) in [6.07, 6.45) is 3.58. The first-order valence-electron chi connectivity index (χ1n) is 6.07. The number of nitrogens with one attached hydrogen (secondary N) is 1. The van der Waals surface area contributed by atoms with Crippen molar-refractivity contribution in [1.29, 1.82) is 0 Å². The van der Waals surface area contributed by atoms with Crippen molar-refractivity contribution in [1.82, 2.24) is 5.32 Å². The zero-order valence-corrected chi connectivity index (χ0v) is 11.3. The summed E-state index contributed by atoms with van der Waals surface area (Å²) in [5.74, 6) is 1.93. The molecule has 88 valence electrons. The summed E-state index contributed by atoms with van der Waals surface area (Å²) < 4.78 is 0. The molecule has 0 radical (unpaired) electrons. The van der Waals surface area contributed by atoms with Crippen LogP contribution in [0.15, 0.2) is 4.99 Å². The van der Waals surface area contributed by atoms with Crippen LogP contribution < -0.4 is 5.32 Å². The van der Waals surface area contributed by atoms with Gasteiger partial charge in [0.25, 0.3) is 0 Å². The molecule has 0 aromatic carbocycles. The van der Waals surface area contributed by atoms with Gasteiger partial charge in [0.15, 0.2) is 5.17 Å². The Bertz CT molecular complexity index is 220. The van der Waals surface area contributed by atoms with E-state index in [2.05, 4.69) is 38.0 Å². The average molecular weight is 228 g/mol. The molecule has 0 spiro atoms. The molecule has 0 bridgehead atoms. The molecule has 1 fully saturated rings.